The number of amides is 1. The van der Waals surface area contributed by atoms with E-state index >= 15 is 0 Å². The van der Waals surface area contributed by atoms with Gasteiger partial charge in [-0.25, -0.2) is 0 Å². The molecule has 6 nitrogen and oxygen atoms in total. The van der Waals surface area contributed by atoms with Crippen LogP contribution in [0, 0.1) is 0 Å². The zero-order valence-electron chi connectivity index (χ0n) is 16.1. The molecule has 3 aromatic rings. The molecule has 0 bridgehead atoms. The summed E-state index contributed by atoms with van der Waals surface area (Å²) in [7, 11) is 0. The van der Waals surface area contributed by atoms with Crippen molar-refractivity contribution in [2.45, 2.75) is 20.3 Å². The van der Waals surface area contributed by atoms with Crippen molar-refractivity contribution < 1.29 is 9.53 Å². The standard InChI is InChI=1S/C21H21ClN4O2S/c1-3-12-9-18-15(11-14(12)20(23)27)19(7-8-25-18)28-13-5-6-17(16(22)10-13)26-21(29)24-4-2/h5-11H,3-4H2,1-2H3,(H2,23,27)(H2,24,26,29). The third kappa shape index (κ3) is 4.75. The minimum atomic E-state index is -0.478. The Labute approximate surface area is 179 Å². The summed E-state index contributed by atoms with van der Waals surface area (Å²) in [4.78, 5) is 16.2. The lowest BCUT2D eigenvalue weighted by atomic mass is 10.0. The number of carbonyl (C=O) groups excluding carboxylic acids is 1. The Morgan fingerprint density at radius 1 is 1.24 bits per heavy atom. The molecule has 0 saturated heterocycles. The first-order valence-corrected chi connectivity index (χ1v) is 9.95. The summed E-state index contributed by atoms with van der Waals surface area (Å²) in [6.45, 7) is 4.64. The molecule has 0 fully saturated rings. The number of thiocarbonyl (C=S) groups is 1. The fraction of sp³-hybridized carbons (Fsp3) is 0.190. The molecular weight excluding hydrogens is 408 g/mol. The van der Waals surface area contributed by atoms with E-state index in [1.807, 2.05) is 19.9 Å². The maximum atomic E-state index is 11.8. The van der Waals surface area contributed by atoms with Gasteiger partial charge in [-0.3, -0.25) is 9.78 Å². The molecule has 8 heteroatoms. The lowest BCUT2D eigenvalue weighted by Gasteiger charge is -2.14. The Kier molecular flexibility index (Phi) is 6.51. The van der Waals surface area contributed by atoms with Crippen LogP contribution in [0.15, 0.2) is 42.6 Å². The average molecular weight is 429 g/mol. The molecule has 0 aliphatic rings. The number of nitrogens with two attached hydrogens (primary N) is 1. The molecule has 1 heterocycles. The monoisotopic (exact) mass is 428 g/mol. The molecule has 0 aliphatic carbocycles. The van der Waals surface area contributed by atoms with Crippen LogP contribution in [-0.4, -0.2) is 22.5 Å². The smallest absolute Gasteiger partial charge is 0.249 e. The average Bonchev–Trinajstić information content (AvgIpc) is 2.69. The van der Waals surface area contributed by atoms with Crippen molar-refractivity contribution in [3.8, 4) is 11.5 Å². The summed E-state index contributed by atoms with van der Waals surface area (Å²) in [6.07, 6.45) is 2.34. The van der Waals surface area contributed by atoms with Gasteiger partial charge in [0.15, 0.2) is 5.11 Å². The molecule has 1 amide bonds. The number of nitrogens with zero attached hydrogens (tertiary/aromatic N) is 1. The van der Waals surface area contributed by atoms with Gasteiger partial charge in [0.1, 0.15) is 11.5 Å². The van der Waals surface area contributed by atoms with Crippen molar-refractivity contribution in [3.05, 3.63) is 58.7 Å². The van der Waals surface area contributed by atoms with E-state index in [1.165, 1.54) is 0 Å². The first kappa shape index (κ1) is 20.8. The highest BCUT2D eigenvalue weighted by molar-refractivity contribution is 7.80. The van der Waals surface area contributed by atoms with Crippen LogP contribution >= 0.6 is 23.8 Å². The molecule has 0 unspecified atom stereocenters. The van der Waals surface area contributed by atoms with E-state index in [1.54, 1.807) is 36.5 Å². The molecule has 4 N–H and O–H groups in total. The number of aryl methyl sites for hydroxylation is 1. The number of carbonyl (C=O) groups is 1. The molecule has 150 valence electrons. The van der Waals surface area contributed by atoms with Gasteiger partial charge >= 0.3 is 0 Å². The van der Waals surface area contributed by atoms with E-state index in [9.17, 15) is 4.79 Å². The van der Waals surface area contributed by atoms with Crippen molar-refractivity contribution in [2.24, 2.45) is 5.73 Å². The molecule has 1 aromatic heterocycles. The number of primary amides is 1. The van der Waals surface area contributed by atoms with Gasteiger partial charge in [-0.15, -0.1) is 0 Å². The Hall–Kier alpha value is -2.90. The summed E-state index contributed by atoms with van der Waals surface area (Å²) >= 11 is 11.5. The lowest BCUT2D eigenvalue weighted by Crippen LogP contribution is -2.27. The van der Waals surface area contributed by atoms with E-state index in [2.05, 4.69) is 15.6 Å². The number of pyridine rings is 1. The third-order valence-electron chi connectivity index (χ3n) is 4.33. The van der Waals surface area contributed by atoms with Gasteiger partial charge in [-0.1, -0.05) is 18.5 Å². The number of halogens is 1. The molecule has 0 saturated carbocycles. The molecule has 0 atom stereocenters. The molecular formula is C21H21ClN4O2S. The number of ether oxygens (including phenoxy) is 1. The SMILES string of the molecule is CCNC(=S)Nc1ccc(Oc2ccnc3cc(CC)c(C(N)=O)cc23)cc1Cl. The fourth-order valence-corrected chi connectivity index (χ4v) is 3.41. The molecule has 2 aromatic carbocycles. The first-order chi connectivity index (χ1) is 13.9. The highest BCUT2D eigenvalue weighted by Gasteiger charge is 2.13. The largest absolute Gasteiger partial charge is 0.457 e. The summed E-state index contributed by atoms with van der Waals surface area (Å²) < 4.78 is 6.04. The van der Waals surface area contributed by atoms with Crippen molar-refractivity contribution in [2.75, 3.05) is 11.9 Å². The Bertz CT molecular complexity index is 1090. The quantitative estimate of drug-likeness (QED) is 0.495. The first-order valence-electron chi connectivity index (χ1n) is 9.16. The van der Waals surface area contributed by atoms with Crippen LogP contribution in [-0.2, 0) is 6.42 Å². The summed E-state index contributed by atoms with van der Waals surface area (Å²) in [6, 6.07) is 10.6. The zero-order chi connectivity index (χ0) is 21.0. The summed E-state index contributed by atoms with van der Waals surface area (Å²) in [5.74, 6) is 0.622. The van der Waals surface area contributed by atoms with Crippen LogP contribution in [0.1, 0.15) is 29.8 Å². The summed E-state index contributed by atoms with van der Waals surface area (Å²) in [5.41, 5.74) is 8.26. The van der Waals surface area contributed by atoms with Gasteiger partial charge < -0.3 is 21.1 Å². The van der Waals surface area contributed by atoms with Crippen molar-refractivity contribution >= 4 is 51.4 Å². The maximum Gasteiger partial charge on any atom is 0.249 e. The van der Waals surface area contributed by atoms with Crippen LogP contribution in [0.5, 0.6) is 11.5 Å². The van der Waals surface area contributed by atoms with Crippen LogP contribution in [0.4, 0.5) is 5.69 Å². The highest BCUT2D eigenvalue weighted by Crippen LogP contribution is 2.34. The van der Waals surface area contributed by atoms with Crippen molar-refractivity contribution in [1.29, 1.82) is 0 Å². The Morgan fingerprint density at radius 3 is 2.69 bits per heavy atom. The van der Waals surface area contributed by atoms with E-state index in [4.69, 9.17) is 34.3 Å². The van der Waals surface area contributed by atoms with E-state index in [-0.39, 0.29) is 0 Å². The van der Waals surface area contributed by atoms with Gasteiger partial charge in [0.05, 0.1) is 16.2 Å². The van der Waals surface area contributed by atoms with Gasteiger partial charge in [-0.2, -0.15) is 0 Å². The minimum Gasteiger partial charge on any atom is -0.457 e. The number of hydrogen-bond acceptors (Lipinski definition) is 4. The molecule has 29 heavy (non-hydrogen) atoms. The van der Waals surface area contributed by atoms with E-state index in [0.29, 0.717) is 51.2 Å². The lowest BCUT2D eigenvalue weighted by molar-refractivity contribution is 0.0999. The fourth-order valence-electron chi connectivity index (χ4n) is 2.94. The minimum absolute atomic E-state index is 0.465. The van der Waals surface area contributed by atoms with E-state index < -0.39 is 5.91 Å². The molecule has 0 aliphatic heterocycles. The number of hydrogen-bond donors (Lipinski definition) is 3. The predicted octanol–water partition coefficient (Wildman–Crippen LogP) is 4.65. The second kappa shape index (κ2) is 9.07. The Balaban J connectivity index is 1.94. The number of fused-ring (bicyclic) bond motifs is 1. The van der Waals surface area contributed by atoms with E-state index in [0.717, 1.165) is 11.1 Å². The van der Waals surface area contributed by atoms with Gasteiger partial charge in [0, 0.05) is 29.8 Å². The van der Waals surface area contributed by atoms with Crippen molar-refractivity contribution in [1.82, 2.24) is 10.3 Å². The molecule has 0 spiro atoms. The Morgan fingerprint density at radius 2 is 2.03 bits per heavy atom. The van der Waals surface area contributed by atoms with Crippen molar-refractivity contribution in [3.63, 3.8) is 0 Å². The topological polar surface area (TPSA) is 89.3 Å². The predicted molar refractivity (Wildman–Crippen MR) is 121 cm³/mol. The number of aromatic nitrogens is 1. The molecule has 3 rings (SSSR count). The maximum absolute atomic E-state index is 11.8. The normalized spacial score (nSPS) is 10.6. The van der Waals surface area contributed by atoms with Gasteiger partial charge in [0.25, 0.3) is 0 Å². The second-order valence-corrected chi connectivity index (χ2v) is 7.10. The molecule has 0 radical (unpaired) electrons. The third-order valence-corrected chi connectivity index (χ3v) is 4.89. The van der Waals surface area contributed by atoms with Crippen LogP contribution in [0.2, 0.25) is 5.02 Å². The highest BCUT2D eigenvalue weighted by atomic mass is 35.5. The van der Waals surface area contributed by atoms with Crippen LogP contribution in [0.3, 0.4) is 0 Å². The second-order valence-electron chi connectivity index (χ2n) is 6.28. The number of rotatable bonds is 6. The zero-order valence-corrected chi connectivity index (χ0v) is 17.7. The summed E-state index contributed by atoms with van der Waals surface area (Å²) in [5, 5.41) is 7.70. The van der Waals surface area contributed by atoms with Crippen LogP contribution < -0.4 is 21.1 Å². The van der Waals surface area contributed by atoms with Gasteiger partial charge in [-0.05, 0) is 61.5 Å². The number of benzene rings is 2. The number of nitrogens with one attached hydrogen (secondary N) is 2. The van der Waals surface area contributed by atoms with Crippen LogP contribution in [0.25, 0.3) is 10.9 Å². The number of anilines is 1. The van der Waals surface area contributed by atoms with Gasteiger partial charge in [0.2, 0.25) is 5.91 Å².